The van der Waals surface area contributed by atoms with Crippen LogP contribution in [-0.4, -0.2) is 40.4 Å². The molecule has 0 aromatic carbocycles. The quantitative estimate of drug-likeness (QED) is 0.310. The van der Waals surface area contributed by atoms with Gasteiger partial charge in [0, 0.05) is 0 Å². The summed E-state index contributed by atoms with van der Waals surface area (Å²) in [6, 6.07) is 0. The molecule has 3 unspecified atom stereocenters. The Balaban J connectivity index is 6.03. The van der Waals surface area contributed by atoms with E-state index in [1.807, 2.05) is 27.7 Å². The SMILES string of the molecule is CCCC(CC)CCC(CCC(CC)CCC)(C(=O)O)C(C(=O)O)S(=O)(=O)O. The molecule has 28 heavy (non-hydrogen) atoms. The zero-order chi connectivity index (χ0) is 22.0. The first-order valence-corrected chi connectivity index (χ1v) is 11.9. The number of hydrogen-bond acceptors (Lipinski definition) is 4. The third-order valence-electron chi connectivity index (χ3n) is 6.00. The standard InChI is InChI=1S/C20H38O7S/c1-5-9-15(7-3)11-13-20(19(23)24,14-12-16(8-4)10-6-2)17(18(21)22)28(25,26)27/h15-17H,5-14H2,1-4H3,(H,21,22)(H,23,24)(H,25,26,27). The van der Waals surface area contributed by atoms with Crippen LogP contribution in [0.3, 0.4) is 0 Å². The van der Waals surface area contributed by atoms with Gasteiger partial charge in [-0.05, 0) is 37.5 Å². The van der Waals surface area contributed by atoms with Gasteiger partial charge >= 0.3 is 11.9 Å². The number of carbonyl (C=O) groups is 2. The second kappa shape index (κ2) is 12.4. The smallest absolute Gasteiger partial charge is 0.325 e. The zero-order valence-corrected chi connectivity index (χ0v) is 18.5. The molecule has 0 aromatic heterocycles. The zero-order valence-electron chi connectivity index (χ0n) is 17.7. The first-order chi connectivity index (χ1) is 13.0. The van der Waals surface area contributed by atoms with E-state index in [1.54, 1.807) is 0 Å². The number of aliphatic carboxylic acids is 2. The largest absolute Gasteiger partial charge is 0.481 e. The van der Waals surface area contributed by atoms with Crippen LogP contribution in [0.15, 0.2) is 0 Å². The summed E-state index contributed by atoms with van der Waals surface area (Å²) in [5.41, 5.74) is -2.04. The summed E-state index contributed by atoms with van der Waals surface area (Å²) in [5, 5.41) is 17.2. The number of rotatable bonds is 16. The maximum atomic E-state index is 12.3. The molecule has 0 bridgehead atoms. The van der Waals surface area contributed by atoms with Gasteiger partial charge in [-0.15, -0.1) is 0 Å². The van der Waals surface area contributed by atoms with Crippen LogP contribution in [0.4, 0.5) is 0 Å². The third kappa shape index (κ3) is 7.70. The summed E-state index contributed by atoms with van der Waals surface area (Å²) in [4.78, 5) is 24.1. The molecule has 0 amide bonds. The van der Waals surface area contributed by atoms with Gasteiger partial charge in [-0.25, -0.2) is 0 Å². The first kappa shape index (κ1) is 26.9. The van der Waals surface area contributed by atoms with Crippen LogP contribution >= 0.6 is 0 Å². The monoisotopic (exact) mass is 422 g/mol. The Morgan fingerprint density at radius 3 is 1.43 bits per heavy atom. The Bertz CT molecular complexity index is 567. The molecular formula is C20H38O7S. The van der Waals surface area contributed by atoms with Crippen LogP contribution in [0.25, 0.3) is 0 Å². The molecule has 7 nitrogen and oxygen atoms in total. The highest BCUT2D eigenvalue weighted by Gasteiger charge is 2.55. The van der Waals surface area contributed by atoms with Crippen LogP contribution in [0, 0.1) is 17.3 Å². The molecule has 0 fully saturated rings. The van der Waals surface area contributed by atoms with E-state index < -0.39 is 32.7 Å². The molecule has 0 saturated carbocycles. The highest BCUT2D eigenvalue weighted by atomic mass is 32.2. The molecule has 166 valence electrons. The average molecular weight is 423 g/mol. The predicted molar refractivity (Wildman–Crippen MR) is 109 cm³/mol. The Labute approximate surface area is 169 Å². The average Bonchev–Trinajstić information content (AvgIpc) is 2.59. The van der Waals surface area contributed by atoms with Crippen molar-refractivity contribution in [3.63, 3.8) is 0 Å². The second-order valence-corrected chi connectivity index (χ2v) is 9.40. The van der Waals surface area contributed by atoms with Crippen molar-refractivity contribution in [3.8, 4) is 0 Å². The maximum Gasteiger partial charge on any atom is 0.325 e. The summed E-state index contributed by atoms with van der Waals surface area (Å²) in [6.45, 7) is 7.99. The van der Waals surface area contributed by atoms with Crippen molar-refractivity contribution in [2.75, 3.05) is 0 Å². The van der Waals surface area contributed by atoms with E-state index in [0.29, 0.717) is 12.8 Å². The van der Waals surface area contributed by atoms with Crippen molar-refractivity contribution in [1.29, 1.82) is 0 Å². The van der Waals surface area contributed by atoms with E-state index in [9.17, 15) is 32.8 Å². The molecule has 0 rings (SSSR count). The Hall–Kier alpha value is -1.15. The van der Waals surface area contributed by atoms with Gasteiger partial charge in [0.2, 0.25) is 0 Å². The lowest BCUT2D eigenvalue weighted by atomic mass is 9.72. The lowest BCUT2D eigenvalue weighted by molar-refractivity contribution is -0.157. The molecule has 0 aliphatic heterocycles. The molecule has 3 N–H and O–H groups in total. The summed E-state index contributed by atoms with van der Waals surface area (Å²) in [5.74, 6) is -2.89. The molecule has 0 aliphatic carbocycles. The minimum atomic E-state index is -5.08. The fourth-order valence-electron chi connectivity index (χ4n) is 4.21. The molecule has 3 atom stereocenters. The summed E-state index contributed by atoms with van der Waals surface area (Å²) >= 11 is 0. The fourth-order valence-corrected chi connectivity index (χ4v) is 5.37. The predicted octanol–water partition coefficient (Wildman–Crippen LogP) is 4.61. The molecular weight excluding hydrogens is 384 g/mol. The van der Waals surface area contributed by atoms with Crippen molar-refractivity contribution in [1.82, 2.24) is 0 Å². The van der Waals surface area contributed by atoms with Crippen LogP contribution in [0.2, 0.25) is 0 Å². The normalized spacial score (nSPS) is 17.5. The lowest BCUT2D eigenvalue weighted by Crippen LogP contribution is -2.51. The molecule has 0 aliphatic rings. The summed E-state index contributed by atoms with van der Waals surface area (Å²) in [6.07, 6.45) is 5.83. The number of carboxylic acids is 2. The summed E-state index contributed by atoms with van der Waals surface area (Å²) in [7, 11) is -5.08. The van der Waals surface area contributed by atoms with E-state index >= 15 is 0 Å². The molecule has 0 radical (unpaired) electrons. The van der Waals surface area contributed by atoms with Gasteiger partial charge in [0.25, 0.3) is 10.1 Å². The second-order valence-electron chi connectivity index (χ2n) is 7.90. The van der Waals surface area contributed by atoms with E-state index in [-0.39, 0.29) is 24.7 Å². The van der Waals surface area contributed by atoms with Crippen molar-refractivity contribution in [2.24, 2.45) is 17.3 Å². The van der Waals surface area contributed by atoms with E-state index in [0.717, 1.165) is 38.5 Å². The minimum Gasteiger partial charge on any atom is -0.481 e. The Kier molecular flexibility index (Phi) is 11.9. The molecule has 0 aromatic rings. The highest BCUT2D eigenvalue weighted by molar-refractivity contribution is 7.87. The highest BCUT2D eigenvalue weighted by Crippen LogP contribution is 2.41. The van der Waals surface area contributed by atoms with Crippen LogP contribution in [0.5, 0.6) is 0 Å². The molecule has 0 saturated heterocycles. The van der Waals surface area contributed by atoms with Gasteiger partial charge in [0.05, 0.1) is 5.41 Å². The lowest BCUT2D eigenvalue weighted by Gasteiger charge is -2.35. The first-order valence-electron chi connectivity index (χ1n) is 10.4. The van der Waals surface area contributed by atoms with Crippen molar-refractivity contribution in [3.05, 3.63) is 0 Å². The van der Waals surface area contributed by atoms with Crippen molar-refractivity contribution < 1.29 is 32.8 Å². The van der Waals surface area contributed by atoms with Gasteiger partial charge in [0.1, 0.15) is 0 Å². The van der Waals surface area contributed by atoms with Gasteiger partial charge in [-0.3, -0.25) is 14.1 Å². The van der Waals surface area contributed by atoms with Crippen molar-refractivity contribution in [2.45, 2.75) is 97.2 Å². The summed E-state index contributed by atoms with van der Waals surface area (Å²) < 4.78 is 33.4. The fraction of sp³-hybridized carbons (Fsp3) is 0.900. The van der Waals surface area contributed by atoms with E-state index in [1.165, 1.54) is 0 Å². The number of hydrogen-bond donors (Lipinski definition) is 3. The van der Waals surface area contributed by atoms with Gasteiger partial charge < -0.3 is 10.2 Å². The topological polar surface area (TPSA) is 129 Å². The Morgan fingerprint density at radius 1 is 0.821 bits per heavy atom. The van der Waals surface area contributed by atoms with E-state index in [2.05, 4.69) is 0 Å². The Morgan fingerprint density at radius 2 is 1.21 bits per heavy atom. The van der Waals surface area contributed by atoms with Gasteiger partial charge in [-0.1, -0.05) is 66.2 Å². The number of carboxylic acid groups (broad SMARTS) is 2. The van der Waals surface area contributed by atoms with Gasteiger partial charge in [-0.2, -0.15) is 8.42 Å². The van der Waals surface area contributed by atoms with Crippen LogP contribution < -0.4 is 0 Å². The van der Waals surface area contributed by atoms with Crippen LogP contribution in [0.1, 0.15) is 91.9 Å². The van der Waals surface area contributed by atoms with E-state index in [4.69, 9.17) is 0 Å². The maximum absolute atomic E-state index is 12.3. The molecule has 8 heteroatoms. The third-order valence-corrected chi connectivity index (χ3v) is 7.24. The molecule has 0 heterocycles. The van der Waals surface area contributed by atoms with Crippen LogP contribution in [-0.2, 0) is 19.7 Å². The van der Waals surface area contributed by atoms with Gasteiger partial charge in [0.15, 0.2) is 5.25 Å². The molecule has 0 spiro atoms. The van der Waals surface area contributed by atoms with Crippen molar-refractivity contribution >= 4 is 22.1 Å². The minimum absolute atomic E-state index is 0.0832.